The van der Waals surface area contributed by atoms with Crippen LogP contribution in [0, 0.1) is 6.92 Å². The van der Waals surface area contributed by atoms with Gasteiger partial charge in [-0.15, -0.1) is 0 Å². The number of hydrogen-bond acceptors (Lipinski definition) is 2. The summed E-state index contributed by atoms with van der Waals surface area (Å²) in [7, 11) is 0. The van der Waals surface area contributed by atoms with Gasteiger partial charge in [-0.25, -0.2) is 0 Å². The first-order chi connectivity index (χ1) is 8.49. The number of fused-ring (bicyclic) bond motifs is 1. The topological polar surface area (TPSA) is 38.9 Å². The van der Waals surface area contributed by atoms with Crippen LogP contribution in [-0.2, 0) is 11.8 Å². The maximum Gasteiger partial charge on any atom is 0.0740 e. The summed E-state index contributed by atoms with van der Waals surface area (Å²) in [5.41, 5.74) is 10.6. The summed E-state index contributed by atoms with van der Waals surface area (Å²) in [6.45, 7) is 9.23. The Hall–Kier alpha value is -1.41. The Morgan fingerprint density at radius 1 is 1.28 bits per heavy atom. The van der Waals surface area contributed by atoms with Crippen molar-refractivity contribution in [2.24, 2.45) is 5.73 Å². The van der Waals surface area contributed by atoms with Crippen LogP contribution in [0.5, 0.6) is 0 Å². The van der Waals surface area contributed by atoms with Crippen LogP contribution < -0.4 is 5.73 Å². The molecular formula is C16H22N2. The van der Waals surface area contributed by atoms with Gasteiger partial charge < -0.3 is 5.73 Å². The first kappa shape index (κ1) is 13.0. The predicted molar refractivity (Wildman–Crippen MR) is 77.9 cm³/mol. The van der Waals surface area contributed by atoms with Gasteiger partial charge in [0, 0.05) is 23.0 Å². The van der Waals surface area contributed by atoms with Gasteiger partial charge in [0.15, 0.2) is 0 Å². The fourth-order valence-corrected chi connectivity index (χ4v) is 2.21. The molecule has 1 aromatic heterocycles. The number of pyridine rings is 1. The van der Waals surface area contributed by atoms with Crippen molar-refractivity contribution in [3.8, 4) is 0 Å². The van der Waals surface area contributed by atoms with E-state index in [1.165, 1.54) is 16.5 Å². The quantitative estimate of drug-likeness (QED) is 0.896. The Kier molecular flexibility index (Phi) is 3.40. The second-order valence-electron chi connectivity index (χ2n) is 5.58. The van der Waals surface area contributed by atoms with Crippen LogP contribution in [0.2, 0.25) is 0 Å². The molecule has 0 aliphatic carbocycles. The van der Waals surface area contributed by atoms with E-state index >= 15 is 0 Å². The lowest BCUT2D eigenvalue weighted by Crippen LogP contribution is -2.29. The molecule has 2 nitrogen and oxygen atoms in total. The molecule has 0 amide bonds. The van der Waals surface area contributed by atoms with Crippen LogP contribution in [0.1, 0.15) is 37.6 Å². The third-order valence-electron chi connectivity index (χ3n) is 3.71. The molecule has 0 unspecified atom stereocenters. The minimum Gasteiger partial charge on any atom is -0.330 e. The molecule has 96 valence electrons. The number of nitrogens with zero attached hydrogens (tertiary/aromatic N) is 1. The van der Waals surface area contributed by atoms with Crippen LogP contribution in [0.15, 0.2) is 24.3 Å². The molecule has 0 fully saturated rings. The fraction of sp³-hybridized carbons (Fsp3) is 0.438. The number of nitrogens with two attached hydrogens (primary N) is 1. The van der Waals surface area contributed by atoms with Crippen LogP contribution in [0.4, 0.5) is 0 Å². The molecule has 0 aliphatic rings. The van der Waals surface area contributed by atoms with Gasteiger partial charge >= 0.3 is 0 Å². The van der Waals surface area contributed by atoms with Crippen molar-refractivity contribution in [2.45, 2.75) is 39.5 Å². The van der Waals surface area contributed by atoms with Gasteiger partial charge in [0.2, 0.25) is 0 Å². The molecule has 1 aromatic carbocycles. The molecule has 0 bridgehead atoms. The standard InChI is InChI=1S/C16H22N2/c1-5-12-7-6-8-13-11(2)9-14(18-15(12)13)16(3,4)10-17/h6-9H,5,10,17H2,1-4H3. The van der Waals surface area contributed by atoms with Crippen LogP contribution in [0.25, 0.3) is 10.9 Å². The summed E-state index contributed by atoms with van der Waals surface area (Å²) in [6.07, 6.45) is 1.01. The van der Waals surface area contributed by atoms with Crippen LogP contribution >= 0.6 is 0 Å². The summed E-state index contributed by atoms with van der Waals surface area (Å²) in [6, 6.07) is 8.60. The first-order valence-electron chi connectivity index (χ1n) is 6.59. The molecule has 2 rings (SSSR count). The van der Waals surface area contributed by atoms with E-state index in [4.69, 9.17) is 10.7 Å². The molecule has 0 atom stereocenters. The van der Waals surface area contributed by atoms with E-state index in [1.807, 2.05) is 0 Å². The van der Waals surface area contributed by atoms with Gasteiger partial charge in [-0.3, -0.25) is 4.98 Å². The van der Waals surface area contributed by atoms with Crippen LogP contribution in [0.3, 0.4) is 0 Å². The maximum atomic E-state index is 5.86. The second kappa shape index (κ2) is 4.69. The van der Waals surface area contributed by atoms with Gasteiger partial charge in [-0.1, -0.05) is 39.0 Å². The Morgan fingerprint density at radius 3 is 2.61 bits per heavy atom. The van der Waals surface area contributed by atoms with Crippen molar-refractivity contribution in [2.75, 3.05) is 6.54 Å². The molecule has 18 heavy (non-hydrogen) atoms. The Morgan fingerprint density at radius 2 is 2.00 bits per heavy atom. The third-order valence-corrected chi connectivity index (χ3v) is 3.71. The Labute approximate surface area is 109 Å². The third kappa shape index (κ3) is 2.13. The predicted octanol–water partition coefficient (Wildman–Crippen LogP) is 3.34. The molecule has 0 saturated carbocycles. The Bertz CT molecular complexity index is 571. The highest BCUT2D eigenvalue weighted by Gasteiger charge is 2.21. The second-order valence-corrected chi connectivity index (χ2v) is 5.58. The average Bonchev–Trinajstić information content (AvgIpc) is 2.38. The average molecular weight is 242 g/mol. The van der Waals surface area contributed by atoms with Crippen molar-refractivity contribution in [3.63, 3.8) is 0 Å². The normalized spacial score (nSPS) is 12.1. The molecule has 2 N–H and O–H groups in total. The smallest absolute Gasteiger partial charge is 0.0740 e. The lowest BCUT2D eigenvalue weighted by atomic mass is 9.87. The zero-order chi connectivity index (χ0) is 13.3. The number of benzene rings is 1. The molecule has 2 heteroatoms. The van der Waals surface area contributed by atoms with Gasteiger partial charge in [0.1, 0.15) is 0 Å². The highest BCUT2D eigenvalue weighted by atomic mass is 14.7. The maximum absolute atomic E-state index is 5.86. The van der Waals surface area contributed by atoms with E-state index in [2.05, 4.69) is 52.0 Å². The summed E-state index contributed by atoms with van der Waals surface area (Å²) in [5, 5.41) is 1.26. The summed E-state index contributed by atoms with van der Waals surface area (Å²) < 4.78 is 0. The molecule has 0 spiro atoms. The lowest BCUT2D eigenvalue weighted by molar-refractivity contribution is 0.523. The SMILES string of the molecule is CCc1cccc2c(C)cc(C(C)(C)CN)nc12. The summed E-state index contributed by atoms with van der Waals surface area (Å²) in [4.78, 5) is 4.87. The van der Waals surface area contributed by atoms with Crippen LogP contribution in [-0.4, -0.2) is 11.5 Å². The summed E-state index contributed by atoms with van der Waals surface area (Å²) >= 11 is 0. The minimum absolute atomic E-state index is 0.0696. The monoisotopic (exact) mass is 242 g/mol. The van der Waals surface area contributed by atoms with E-state index < -0.39 is 0 Å². The van der Waals surface area contributed by atoms with E-state index in [-0.39, 0.29) is 5.41 Å². The van der Waals surface area contributed by atoms with E-state index in [0.717, 1.165) is 17.6 Å². The molecular weight excluding hydrogens is 220 g/mol. The van der Waals surface area contributed by atoms with Gasteiger partial charge in [-0.05, 0) is 30.5 Å². The lowest BCUT2D eigenvalue weighted by Gasteiger charge is -2.23. The van der Waals surface area contributed by atoms with Crippen molar-refractivity contribution in [1.82, 2.24) is 4.98 Å². The van der Waals surface area contributed by atoms with E-state index in [1.54, 1.807) is 0 Å². The highest BCUT2D eigenvalue weighted by molar-refractivity contribution is 5.85. The zero-order valence-electron chi connectivity index (χ0n) is 11.7. The van der Waals surface area contributed by atoms with Crippen molar-refractivity contribution in [3.05, 3.63) is 41.1 Å². The van der Waals surface area contributed by atoms with Gasteiger partial charge in [0.25, 0.3) is 0 Å². The Balaban J connectivity index is 2.74. The molecule has 0 radical (unpaired) electrons. The van der Waals surface area contributed by atoms with Gasteiger partial charge in [-0.2, -0.15) is 0 Å². The minimum atomic E-state index is -0.0696. The first-order valence-corrected chi connectivity index (χ1v) is 6.59. The molecule has 0 aliphatic heterocycles. The molecule has 2 aromatic rings. The fourth-order valence-electron chi connectivity index (χ4n) is 2.21. The van der Waals surface area contributed by atoms with Crippen molar-refractivity contribution < 1.29 is 0 Å². The van der Waals surface area contributed by atoms with E-state index in [9.17, 15) is 0 Å². The summed E-state index contributed by atoms with van der Waals surface area (Å²) in [5.74, 6) is 0. The van der Waals surface area contributed by atoms with Crippen molar-refractivity contribution in [1.29, 1.82) is 0 Å². The zero-order valence-corrected chi connectivity index (χ0v) is 11.7. The molecule has 0 saturated heterocycles. The number of rotatable bonds is 3. The largest absolute Gasteiger partial charge is 0.330 e. The number of para-hydroxylation sites is 1. The number of hydrogen-bond donors (Lipinski definition) is 1. The molecule has 1 heterocycles. The highest BCUT2D eigenvalue weighted by Crippen LogP contribution is 2.27. The number of aromatic nitrogens is 1. The van der Waals surface area contributed by atoms with Crippen molar-refractivity contribution >= 4 is 10.9 Å². The number of aryl methyl sites for hydroxylation is 2. The van der Waals surface area contributed by atoms with Gasteiger partial charge in [0.05, 0.1) is 5.52 Å². The van der Waals surface area contributed by atoms with E-state index in [0.29, 0.717) is 6.54 Å².